The van der Waals surface area contributed by atoms with Crippen molar-refractivity contribution in [2.24, 2.45) is 11.7 Å². The zero-order valence-electron chi connectivity index (χ0n) is 10.1. The highest BCUT2D eigenvalue weighted by atomic mass is 32.1. The smallest absolute Gasteiger partial charge is 0.221 e. The number of carbonyl (C=O) groups is 1. The third kappa shape index (κ3) is 3.61. The van der Waals surface area contributed by atoms with Gasteiger partial charge in [-0.2, -0.15) is 0 Å². The number of nitrogens with one attached hydrogen (secondary N) is 1. The molecular weight excluding hydrogens is 220 g/mol. The number of amides is 1. The minimum Gasteiger partial charge on any atom is -0.369 e. The number of hydrogen-bond acceptors (Lipinski definition) is 3. The van der Waals surface area contributed by atoms with Gasteiger partial charge in [0.25, 0.3) is 0 Å². The topological polar surface area (TPSA) is 55.1 Å². The van der Waals surface area contributed by atoms with Crippen LogP contribution in [0.5, 0.6) is 0 Å². The predicted molar refractivity (Wildman–Crippen MR) is 68.6 cm³/mol. The zero-order chi connectivity index (χ0) is 12.2. The Labute approximate surface area is 101 Å². The van der Waals surface area contributed by atoms with Gasteiger partial charge in [0, 0.05) is 29.3 Å². The highest BCUT2D eigenvalue weighted by Crippen LogP contribution is 2.26. The minimum absolute atomic E-state index is 0.103. The van der Waals surface area contributed by atoms with Gasteiger partial charge in [-0.25, -0.2) is 0 Å². The van der Waals surface area contributed by atoms with Gasteiger partial charge >= 0.3 is 0 Å². The lowest BCUT2D eigenvalue weighted by Gasteiger charge is -2.24. The van der Waals surface area contributed by atoms with Crippen molar-refractivity contribution in [3.63, 3.8) is 0 Å². The summed E-state index contributed by atoms with van der Waals surface area (Å²) < 4.78 is 0. The van der Waals surface area contributed by atoms with E-state index in [0.717, 1.165) is 6.54 Å². The first-order valence-electron chi connectivity index (χ1n) is 5.47. The van der Waals surface area contributed by atoms with Crippen molar-refractivity contribution in [1.29, 1.82) is 0 Å². The molecule has 1 rings (SSSR count). The van der Waals surface area contributed by atoms with Gasteiger partial charge in [-0.05, 0) is 11.4 Å². The number of nitrogens with two attached hydrogens (primary N) is 1. The van der Waals surface area contributed by atoms with Crippen LogP contribution in [0.15, 0.2) is 17.5 Å². The van der Waals surface area contributed by atoms with Crippen LogP contribution >= 0.6 is 11.3 Å². The Morgan fingerprint density at radius 2 is 2.31 bits per heavy atom. The number of primary amides is 1. The van der Waals surface area contributed by atoms with Crippen LogP contribution in [0.4, 0.5) is 0 Å². The van der Waals surface area contributed by atoms with E-state index < -0.39 is 0 Å². The van der Waals surface area contributed by atoms with Crippen LogP contribution in [0, 0.1) is 5.92 Å². The second-order valence-corrected chi connectivity index (χ2v) is 5.74. The van der Waals surface area contributed by atoms with Crippen LogP contribution in [0.25, 0.3) is 0 Å². The Morgan fingerprint density at radius 1 is 1.62 bits per heavy atom. The Kier molecular flexibility index (Phi) is 4.50. The van der Waals surface area contributed by atoms with E-state index >= 15 is 0 Å². The van der Waals surface area contributed by atoms with E-state index in [9.17, 15) is 4.79 Å². The van der Waals surface area contributed by atoms with Crippen LogP contribution in [0.2, 0.25) is 0 Å². The van der Waals surface area contributed by atoms with E-state index in [4.69, 9.17) is 5.73 Å². The molecule has 0 saturated carbocycles. The van der Waals surface area contributed by atoms with E-state index in [0.29, 0.717) is 6.54 Å². The molecule has 0 aromatic carbocycles. The molecular formula is C12H20N2OS. The molecule has 0 aliphatic rings. The van der Waals surface area contributed by atoms with Gasteiger partial charge in [0.15, 0.2) is 0 Å². The first-order chi connectivity index (χ1) is 7.43. The second kappa shape index (κ2) is 5.46. The molecule has 4 heteroatoms. The lowest BCUT2D eigenvalue weighted by molar-refractivity contribution is -0.121. The molecule has 1 amide bonds. The van der Waals surface area contributed by atoms with Crippen molar-refractivity contribution >= 4 is 17.2 Å². The van der Waals surface area contributed by atoms with Crippen molar-refractivity contribution in [3.05, 3.63) is 22.4 Å². The van der Waals surface area contributed by atoms with Gasteiger partial charge in [-0.15, -0.1) is 11.3 Å². The second-order valence-electron chi connectivity index (χ2n) is 4.80. The molecule has 0 aliphatic carbocycles. The fourth-order valence-corrected chi connectivity index (χ4v) is 2.30. The molecule has 0 bridgehead atoms. The summed E-state index contributed by atoms with van der Waals surface area (Å²) in [5.74, 6) is -0.361. The molecule has 0 radical (unpaired) electrons. The van der Waals surface area contributed by atoms with Crippen molar-refractivity contribution in [2.45, 2.75) is 26.2 Å². The fourth-order valence-electron chi connectivity index (χ4n) is 1.45. The van der Waals surface area contributed by atoms with E-state index in [1.54, 1.807) is 11.3 Å². The third-order valence-corrected chi connectivity index (χ3v) is 3.93. The molecule has 1 heterocycles. The summed E-state index contributed by atoms with van der Waals surface area (Å²) in [5.41, 5.74) is 5.31. The molecule has 0 saturated heterocycles. The van der Waals surface area contributed by atoms with Gasteiger partial charge in [-0.3, -0.25) is 4.79 Å². The summed E-state index contributed by atoms with van der Waals surface area (Å²) in [6.07, 6.45) is 0. The fraction of sp³-hybridized carbons (Fsp3) is 0.583. The maximum atomic E-state index is 10.9. The normalized spacial score (nSPS) is 13.7. The van der Waals surface area contributed by atoms with Crippen LogP contribution in [0.3, 0.4) is 0 Å². The molecule has 1 unspecified atom stereocenters. The molecule has 90 valence electrons. The number of rotatable bonds is 6. The Bertz CT molecular complexity index is 333. The van der Waals surface area contributed by atoms with E-state index in [-0.39, 0.29) is 17.2 Å². The van der Waals surface area contributed by atoms with Gasteiger partial charge in [0.05, 0.1) is 0 Å². The average molecular weight is 240 g/mol. The van der Waals surface area contributed by atoms with Crippen LogP contribution in [-0.4, -0.2) is 19.0 Å². The lowest BCUT2D eigenvalue weighted by Crippen LogP contribution is -2.37. The van der Waals surface area contributed by atoms with E-state index in [1.807, 2.05) is 6.92 Å². The van der Waals surface area contributed by atoms with Gasteiger partial charge in [-0.1, -0.05) is 26.8 Å². The molecule has 1 aromatic heterocycles. The zero-order valence-corrected chi connectivity index (χ0v) is 10.9. The Hall–Kier alpha value is -0.870. The standard InChI is InChI=1S/C12H20N2OS/c1-9(11(13)15)7-14-8-12(2,3)10-5-4-6-16-10/h4-6,9,14H,7-8H2,1-3H3,(H2,13,15). The number of hydrogen-bond donors (Lipinski definition) is 2. The van der Waals surface area contributed by atoms with Crippen molar-refractivity contribution in [1.82, 2.24) is 5.32 Å². The van der Waals surface area contributed by atoms with Crippen LogP contribution in [0.1, 0.15) is 25.6 Å². The third-order valence-electron chi connectivity index (χ3n) is 2.69. The maximum absolute atomic E-state index is 10.9. The van der Waals surface area contributed by atoms with Crippen LogP contribution in [-0.2, 0) is 10.2 Å². The molecule has 1 atom stereocenters. The summed E-state index contributed by atoms with van der Waals surface area (Å²) in [6, 6.07) is 4.21. The monoisotopic (exact) mass is 240 g/mol. The first-order valence-corrected chi connectivity index (χ1v) is 6.35. The highest BCUT2D eigenvalue weighted by Gasteiger charge is 2.21. The summed E-state index contributed by atoms with van der Waals surface area (Å²) in [7, 11) is 0. The SMILES string of the molecule is CC(CNCC(C)(C)c1cccs1)C(N)=O. The molecule has 0 aliphatic heterocycles. The molecule has 1 aromatic rings. The lowest BCUT2D eigenvalue weighted by atomic mass is 9.91. The Morgan fingerprint density at radius 3 is 2.81 bits per heavy atom. The molecule has 3 nitrogen and oxygen atoms in total. The Balaban J connectivity index is 2.40. The van der Waals surface area contributed by atoms with Gasteiger partial charge in [0.1, 0.15) is 0 Å². The summed E-state index contributed by atoms with van der Waals surface area (Å²) in [5, 5.41) is 5.39. The average Bonchev–Trinajstić information content (AvgIpc) is 2.70. The summed E-state index contributed by atoms with van der Waals surface area (Å²) in [4.78, 5) is 12.2. The van der Waals surface area contributed by atoms with Crippen molar-refractivity contribution in [3.8, 4) is 0 Å². The molecule has 0 spiro atoms. The number of thiophene rings is 1. The van der Waals surface area contributed by atoms with Crippen molar-refractivity contribution in [2.75, 3.05) is 13.1 Å². The number of carbonyl (C=O) groups excluding carboxylic acids is 1. The van der Waals surface area contributed by atoms with E-state index in [1.165, 1.54) is 4.88 Å². The first kappa shape index (κ1) is 13.2. The molecule has 0 fully saturated rings. The summed E-state index contributed by atoms with van der Waals surface area (Å²) >= 11 is 1.76. The molecule has 3 N–H and O–H groups in total. The quantitative estimate of drug-likeness (QED) is 0.795. The highest BCUT2D eigenvalue weighted by molar-refractivity contribution is 7.10. The largest absolute Gasteiger partial charge is 0.369 e. The van der Waals surface area contributed by atoms with E-state index in [2.05, 4.69) is 36.7 Å². The van der Waals surface area contributed by atoms with Crippen LogP contribution < -0.4 is 11.1 Å². The minimum atomic E-state index is -0.249. The van der Waals surface area contributed by atoms with Gasteiger partial charge in [0.2, 0.25) is 5.91 Å². The summed E-state index contributed by atoms with van der Waals surface area (Å²) in [6.45, 7) is 7.73. The van der Waals surface area contributed by atoms with Gasteiger partial charge < -0.3 is 11.1 Å². The van der Waals surface area contributed by atoms with Crippen molar-refractivity contribution < 1.29 is 4.79 Å². The predicted octanol–water partition coefficient (Wildman–Crippen LogP) is 1.74. The maximum Gasteiger partial charge on any atom is 0.221 e. The molecule has 16 heavy (non-hydrogen) atoms.